The molecule has 0 spiro atoms. The Morgan fingerprint density at radius 2 is 1.86 bits per heavy atom. The molecule has 0 aliphatic carbocycles. The van der Waals surface area contributed by atoms with Crippen LogP contribution in [0.3, 0.4) is 0 Å². The van der Waals surface area contributed by atoms with Crippen molar-refractivity contribution in [2.24, 2.45) is 0 Å². The zero-order valence-corrected chi connectivity index (χ0v) is 17.2. The highest BCUT2D eigenvalue weighted by Gasteiger charge is 2.14. The lowest BCUT2D eigenvalue weighted by atomic mass is 10.2. The number of urea groups is 1. The number of methoxy groups -OCH3 is 1. The van der Waals surface area contributed by atoms with Crippen LogP contribution in [0.15, 0.2) is 48.5 Å². The molecule has 0 aliphatic heterocycles. The molecule has 5 nitrogen and oxygen atoms in total. The molecular weight excluding hydrogens is 374 g/mol. The maximum atomic E-state index is 12.3. The van der Waals surface area contributed by atoms with E-state index in [1.165, 1.54) is 0 Å². The van der Waals surface area contributed by atoms with Crippen molar-refractivity contribution in [2.75, 3.05) is 12.4 Å². The highest BCUT2D eigenvalue weighted by molar-refractivity contribution is 6.31. The van der Waals surface area contributed by atoms with E-state index in [2.05, 4.69) is 21.3 Å². The Kier molecular flexibility index (Phi) is 5.95. The molecule has 0 aliphatic rings. The predicted octanol–water partition coefficient (Wildman–Crippen LogP) is 5.39. The van der Waals surface area contributed by atoms with Gasteiger partial charge in [0.2, 0.25) is 0 Å². The molecule has 0 fully saturated rings. The summed E-state index contributed by atoms with van der Waals surface area (Å²) in [5.41, 5.74) is 5.78. The number of rotatable bonds is 5. The van der Waals surface area contributed by atoms with E-state index in [9.17, 15) is 4.79 Å². The summed E-state index contributed by atoms with van der Waals surface area (Å²) in [6, 6.07) is 15.1. The summed E-state index contributed by atoms with van der Waals surface area (Å²) in [5, 5.41) is 6.34. The molecule has 2 N–H and O–H groups in total. The Labute approximate surface area is 170 Å². The monoisotopic (exact) mass is 397 g/mol. The van der Waals surface area contributed by atoms with Crippen molar-refractivity contribution < 1.29 is 9.53 Å². The van der Waals surface area contributed by atoms with Gasteiger partial charge in [-0.05, 0) is 62.2 Å². The van der Waals surface area contributed by atoms with E-state index in [-0.39, 0.29) is 6.03 Å². The summed E-state index contributed by atoms with van der Waals surface area (Å²) >= 11 is 6.11. The number of carbonyl (C=O) groups excluding carboxylic acids is 1. The van der Waals surface area contributed by atoms with E-state index < -0.39 is 0 Å². The molecule has 2 aromatic carbocycles. The number of nitrogens with one attached hydrogen (secondary N) is 2. The molecule has 0 saturated carbocycles. The molecule has 0 atom stereocenters. The maximum Gasteiger partial charge on any atom is 0.319 e. The van der Waals surface area contributed by atoms with Gasteiger partial charge in [-0.25, -0.2) is 4.79 Å². The van der Waals surface area contributed by atoms with Crippen molar-refractivity contribution in [3.8, 4) is 11.4 Å². The van der Waals surface area contributed by atoms with Crippen LogP contribution in [0.25, 0.3) is 5.69 Å². The van der Waals surface area contributed by atoms with Crippen LogP contribution in [0.2, 0.25) is 5.02 Å². The molecular formula is C22H24ClN3O2. The number of benzene rings is 2. The predicted molar refractivity (Wildman–Crippen MR) is 114 cm³/mol. The number of halogens is 1. The molecule has 1 aromatic heterocycles. The van der Waals surface area contributed by atoms with Crippen LogP contribution in [-0.2, 0) is 6.54 Å². The van der Waals surface area contributed by atoms with Crippen LogP contribution in [0.4, 0.5) is 10.5 Å². The normalized spacial score (nSPS) is 10.6. The van der Waals surface area contributed by atoms with Gasteiger partial charge in [0.15, 0.2) is 0 Å². The highest BCUT2D eigenvalue weighted by atomic mass is 35.5. The van der Waals surface area contributed by atoms with E-state index in [4.69, 9.17) is 16.3 Å². The van der Waals surface area contributed by atoms with E-state index in [0.29, 0.717) is 17.3 Å². The van der Waals surface area contributed by atoms with Gasteiger partial charge in [-0.3, -0.25) is 0 Å². The van der Waals surface area contributed by atoms with E-state index >= 15 is 0 Å². The van der Waals surface area contributed by atoms with Gasteiger partial charge < -0.3 is 19.9 Å². The van der Waals surface area contributed by atoms with E-state index in [0.717, 1.165) is 34.0 Å². The van der Waals surface area contributed by atoms with Gasteiger partial charge in [0, 0.05) is 28.6 Å². The first-order chi connectivity index (χ1) is 13.4. The minimum atomic E-state index is -0.276. The average molecular weight is 398 g/mol. The number of anilines is 1. The molecule has 3 rings (SSSR count). The van der Waals surface area contributed by atoms with Crippen molar-refractivity contribution in [1.29, 1.82) is 0 Å². The number of nitrogens with zero attached hydrogens (tertiary/aromatic N) is 1. The number of para-hydroxylation sites is 2. The van der Waals surface area contributed by atoms with E-state index in [1.807, 2.05) is 57.2 Å². The van der Waals surface area contributed by atoms with E-state index in [1.54, 1.807) is 13.2 Å². The summed E-state index contributed by atoms with van der Waals surface area (Å²) in [6.07, 6.45) is 0. The number of hydrogen-bond donors (Lipinski definition) is 2. The lowest BCUT2D eigenvalue weighted by Gasteiger charge is -2.14. The topological polar surface area (TPSA) is 55.3 Å². The van der Waals surface area contributed by atoms with Crippen molar-refractivity contribution in [2.45, 2.75) is 27.3 Å². The van der Waals surface area contributed by atoms with Crippen molar-refractivity contribution >= 4 is 23.3 Å². The van der Waals surface area contributed by atoms with Gasteiger partial charge in [-0.1, -0.05) is 29.8 Å². The van der Waals surface area contributed by atoms with Gasteiger partial charge >= 0.3 is 6.03 Å². The summed E-state index contributed by atoms with van der Waals surface area (Å²) < 4.78 is 7.62. The second-order valence-electron chi connectivity index (χ2n) is 6.68. The number of amides is 2. The molecule has 0 saturated heterocycles. The largest absolute Gasteiger partial charge is 0.495 e. The fourth-order valence-corrected chi connectivity index (χ4v) is 3.40. The molecule has 3 aromatic rings. The molecule has 0 bridgehead atoms. The standard InChI is InChI=1S/C22H24ClN3O2/c1-14-9-10-18(12-19(14)23)25-22(27)24-13-17-11-15(2)26(16(17)3)20-7-5-6-8-21(20)28-4/h5-12H,13H2,1-4H3,(H2,24,25,27). The highest BCUT2D eigenvalue weighted by Crippen LogP contribution is 2.28. The number of aryl methyl sites for hydroxylation is 2. The van der Waals surface area contributed by atoms with Gasteiger partial charge in [-0.2, -0.15) is 0 Å². The lowest BCUT2D eigenvalue weighted by molar-refractivity contribution is 0.251. The van der Waals surface area contributed by atoms with Crippen LogP contribution in [0.5, 0.6) is 5.75 Å². The Balaban J connectivity index is 1.73. The van der Waals surface area contributed by atoms with Crippen molar-refractivity contribution in [3.05, 3.63) is 76.1 Å². The third-order valence-electron chi connectivity index (χ3n) is 4.73. The fraction of sp³-hybridized carbons (Fsp3) is 0.227. The van der Waals surface area contributed by atoms with Gasteiger partial charge in [0.05, 0.1) is 12.8 Å². The smallest absolute Gasteiger partial charge is 0.319 e. The molecule has 0 unspecified atom stereocenters. The van der Waals surface area contributed by atoms with Crippen LogP contribution < -0.4 is 15.4 Å². The lowest BCUT2D eigenvalue weighted by Crippen LogP contribution is -2.28. The Morgan fingerprint density at radius 1 is 1.11 bits per heavy atom. The third-order valence-corrected chi connectivity index (χ3v) is 5.14. The van der Waals surface area contributed by atoms with Crippen LogP contribution in [0.1, 0.15) is 22.5 Å². The average Bonchev–Trinajstić information content (AvgIpc) is 2.96. The Bertz CT molecular complexity index is 1010. The van der Waals surface area contributed by atoms with Gasteiger partial charge in [-0.15, -0.1) is 0 Å². The van der Waals surface area contributed by atoms with Crippen LogP contribution in [0, 0.1) is 20.8 Å². The zero-order chi connectivity index (χ0) is 20.3. The van der Waals surface area contributed by atoms with Gasteiger partial charge in [0.1, 0.15) is 5.75 Å². The first-order valence-corrected chi connectivity index (χ1v) is 9.40. The number of carbonyl (C=O) groups is 1. The summed E-state index contributed by atoms with van der Waals surface area (Å²) in [6.45, 7) is 6.41. The molecule has 6 heteroatoms. The second kappa shape index (κ2) is 8.40. The maximum absolute atomic E-state index is 12.3. The molecule has 0 radical (unpaired) electrons. The number of aromatic nitrogens is 1. The minimum absolute atomic E-state index is 0.276. The summed E-state index contributed by atoms with van der Waals surface area (Å²) in [5.74, 6) is 0.804. The Morgan fingerprint density at radius 3 is 2.57 bits per heavy atom. The number of ether oxygens (including phenoxy) is 1. The first kappa shape index (κ1) is 19.8. The fourth-order valence-electron chi connectivity index (χ4n) is 3.21. The molecule has 146 valence electrons. The summed E-state index contributed by atoms with van der Waals surface area (Å²) in [4.78, 5) is 12.3. The molecule has 2 amide bonds. The molecule has 1 heterocycles. The third kappa shape index (κ3) is 4.15. The van der Waals surface area contributed by atoms with Crippen LogP contribution >= 0.6 is 11.6 Å². The first-order valence-electron chi connectivity index (χ1n) is 9.03. The number of hydrogen-bond acceptors (Lipinski definition) is 2. The van der Waals surface area contributed by atoms with Crippen LogP contribution in [-0.4, -0.2) is 17.7 Å². The van der Waals surface area contributed by atoms with Gasteiger partial charge in [0.25, 0.3) is 0 Å². The zero-order valence-electron chi connectivity index (χ0n) is 16.5. The SMILES string of the molecule is COc1ccccc1-n1c(C)cc(CNC(=O)Nc2ccc(C)c(Cl)c2)c1C. The Hall–Kier alpha value is -2.92. The van der Waals surface area contributed by atoms with Crippen molar-refractivity contribution in [1.82, 2.24) is 9.88 Å². The quantitative estimate of drug-likeness (QED) is 0.606. The second-order valence-corrected chi connectivity index (χ2v) is 7.08. The van der Waals surface area contributed by atoms with Crippen molar-refractivity contribution in [3.63, 3.8) is 0 Å². The minimum Gasteiger partial charge on any atom is -0.495 e. The summed E-state index contributed by atoms with van der Waals surface area (Å²) in [7, 11) is 1.66. The molecule has 28 heavy (non-hydrogen) atoms.